The van der Waals surface area contributed by atoms with Crippen molar-refractivity contribution >= 4 is 17.1 Å². The van der Waals surface area contributed by atoms with Gasteiger partial charge in [-0.05, 0) is 144 Å². The molecule has 10 aromatic rings. The molecule has 0 aromatic heterocycles. The van der Waals surface area contributed by atoms with E-state index in [1.54, 1.807) is 0 Å². The van der Waals surface area contributed by atoms with Gasteiger partial charge in [0.1, 0.15) is 0 Å². The Morgan fingerprint density at radius 3 is 1.28 bits per heavy atom. The number of fused-ring (bicyclic) bond motifs is 16. The van der Waals surface area contributed by atoms with E-state index in [4.69, 9.17) is 0 Å². The second kappa shape index (κ2) is 14.0. The first-order valence-electron chi connectivity index (χ1n) is 24.2. The van der Waals surface area contributed by atoms with Gasteiger partial charge in [0.05, 0.1) is 16.5 Å². The van der Waals surface area contributed by atoms with E-state index in [1.807, 2.05) is 0 Å². The van der Waals surface area contributed by atoms with Crippen molar-refractivity contribution in [1.82, 2.24) is 0 Å². The molecule has 68 heavy (non-hydrogen) atoms. The van der Waals surface area contributed by atoms with Crippen LogP contribution >= 0.6 is 0 Å². The van der Waals surface area contributed by atoms with E-state index in [9.17, 15) is 0 Å². The van der Waals surface area contributed by atoms with E-state index in [0.29, 0.717) is 0 Å². The van der Waals surface area contributed by atoms with E-state index in [2.05, 4.69) is 257 Å². The monoisotopic (exact) mass is 867 g/mol. The number of hydrogen-bond acceptors (Lipinski definition) is 1. The van der Waals surface area contributed by atoms with Crippen molar-refractivity contribution in [2.75, 3.05) is 4.90 Å². The van der Waals surface area contributed by atoms with Crippen LogP contribution in [0, 0.1) is 13.8 Å². The largest absolute Gasteiger partial charge is 0.310 e. The highest BCUT2D eigenvalue weighted by Crippen LogP contribution is 2.66. The zero-order valence-corrected chi connectivity index (χ0v) is 38.8. The molecule has 0 bridgehead atoms. The molecule has 0 fully saturated rings. The van der Waals surface area contributed by atoms with Crippen LogP contribution in [0.3, 0.4) is 0 Å². The molecule has 0 saturated heterocycles. The molecule has 4 aliphatic rings. The summed E-state index contributed by atoms with van der Waals surface area (Å²) in [5.41, 5.74) is 28.5. The molecule has 4 aliphatic carbocycles. The first-order valence-corrected chi connectivity index (χ1v) is 24.2. The van der Waals surface area contributed by atoms with Gasteiger partial charge in [-0.2, -0.15) is 0 Å². The van der Waals surface area contributed by atoms with Crippen molar-refractivity contribution in [2.45, 2.75) is 43.9 Å². The fourth-order valence-corrected chi connectivity index (χ4v) is 13.5. The highest BCUT2D eigenvalue weighted by atomic mass is 15.1. The summed E-state index contributed by atoms with van der Waals surface area (Å²) in [6.07, 6.45) is 0. The highest BCUT2D eigenvalue weighted by Gasteiger charge is 2.53. The molecule has 0 heterocycles. The minimum atomic E-state index is -0.544. The van der Waals surface area contributed by atoms with Gasteiger partial charge in [0.15, 0.2) is 0 Å². The lowest BCUT2D eigenvalue weighted by atomic mass is 9.67. The van der Waals surface area contributed by atoms with Crippen LogP contribution in [0.2, 0.25) is 0 Å². The average Bonchev–Trinajstić information content (AvgIpc) is 4.03. The van der Waals surface area contributed by atoms with Gasteiger partial charge in [0, 0.05) is 22.4 Å². The summed E-state index contributed by atoms with van der Waals surface area (Å²) in [6, 6.07) is 85.6. The topological polar surface area (TPSA) is 3.24 Å². The normalized spacial score (nSPS) is 15.1. The summed E-state index contributed by atoms with van der Waals surface area (Å²) in [7, 11) is 0. The van der Waals surface area contributed by atoms with Gasteiger partial charge in [-0.25, -0.2) is 0 Å². The molecular formula is C67H49N. The molecule has 0 N–H and O–H groups in total. The summed E-state index contributed by atoms with van der Waals surface area (Å²) in [6.45, 7) is 9.34. The molecule has 1 spiro atoms. The first-order chi connectivity index (χ1) is 33.3. The molecule has 1 heteroatoms. The van der Waals surface area contributed by atoms with E-state index in [1.165, 1.54) is 117 Å². The molecule has 0 aliphatic heterocycles. The number of benzene rings is 10. The van der Waals surface area contributed by atoms with Gasteiger partial charge >= 0.3 is 0 Å². The Hall–Kier alpha value is -8.00. The van der Waals surface area contributed by atoms with E-state index >= 15 is 0 Å². The maximum Gasteiger partial charge on any atom is 0.0726 e. The lowest BCUT2D eigenvalue weighted by Gasteiger charge is -2.35. The first kappa shape index (κ1) is 39.2. The van der Waals surface area contributed by atoms with Crippen LogP contribution in [0.25, 0.3) is 44.5 Å². The molecule has 322 valence electrons. The number of aryl methyl sites for hydroxylation is 2. The summed E-state index contributed by atoms with van der Waals surface area (Å²) in [5.74, 6) is 0. The lowest BCUT2D eigenvalue weighted by molar-refractivity contribution is 0.660. The van der Waals surface area contributed by atoms with E-state index in [-0.39, 0.29) is 5.41 Å². The quantitative estimate of drug-likeness (QED) is 0.167. The van der Waals surface area contributed by atoms with Crippen molar-refractivity contribution in [3.63, 3.8) is 0 Å². The number of hydrogen-bond donors (Lipinski definition) is 0. The van der Waals surface area contributed by atoms with Gasteiger partial charge in [0.2, 0.25) is 0 Å². The van der Waals surface area contributed by atoms with E-state index < -0.39 is 10.8 Å². The second-order valence-electron chi connectivity index (χ2n) is 20.1. The third kappa shape index (κ3) is 4.96. The zero-order valence-electron chi connectivity index (χ0n) is 38.8. The van der Waals surface area contributed by atoms with Crippen LogP contribution in [0.5, 0.6) is 0 Å². The third-order valence-corrected chi connectivity index (χ3v) is 16.2. The second-order valence-corrected chi connectivity index (χ2v) is 20.1. The van der Waals surface area contributed by atoms with Crippen LogP contribution < -0.4 is 4.90 Å². The number of anilines is 3. The fraction of sp³-hybridized carbons (Fsp3) is 0.104. The molecule has 0 saturated carbocycles. The molecule has 14 rings (SSSR count). The third-order valence-electron chi connectivity index (χ3n) is 16.2. The summed E-state index contributed by atoms with van der Waals surface area (Å²) in [4.78, 5) is 2.62. The smallest absolute Gasteiger partial charge is 0.0726 e. The van der Waals surface area contributed by atoms with Gasteiger partial charge in [-0.15, -0.1) is 0 Å². The minimum absolute atomic E-state index is 0.178. The Morgan fingerprint density at radius 2 is 0.706 bits per heavy atom. The highest BCUT2D eigenvalue weighted by molar-refractivity contribution is 6.02. The SMILES string of the molecule is Cc1ccc2c(c1)C1(c3ccccc3-c3ccccc31)c1cc(C)cc(N(c3ccc4c(c3)C(C)(C)c3ccccc3-4)c3ccc4c(c3)C(c3ccccc3)(c3ccccc3)c3ccccc3-4)c1-2. The van der Waals surface area contributed by atoms with Crippen LogP contribution in [-0.4, -0.2) is 0 Å². The van der Waals surface area contributed by atoms with Crippen molar-refractivity contribution in [3.8, 4) is 44.5 Å². The van der Waals surface area contributed by atoms with Crippen LogP contribution in [0.1, 0.15) is 80.6 Å². The Labute approximate surface area is 399 Å². The molecule has 0 radical (unpaired) electrons. The maximum absolute atomic E-state index is 2.62. The van der Waals surface area contributed by atoms with Crippen LogP contribution in [-0.2, 0) is 16.2 Å². The van der Waals surface area contributed by atoms with Crippen molar-refractivity contribution in [1.29, 1.82) is 0 Å². The van der Waals surface area contributed by atoms with Crippen molar-refractivity contribution < 1.29 is 0 Å². The standard InChI is InChI=1S/C67H49N/c1-42-31-34-54-60(37-42)67(57-29-17-13-24-49(57)50-25-14-18-30-58(50)67)62-38-43(2)39-63(64(54)62)68(46-32-35-52-48-23-11-15-27-55(48)65(3,4)59(52)40-46)47-33-36-53-51-26-12-16-28-56(51)66(61(53)41-47,44-19-7-5-8-20-44)45-21-9-6-10-22-45/h5-41H,1-4H3. The predicted molar refractivity (Wildman–Crippen MR) is 282 cm³/mol. The number of nitrogens with zero attached hydrogens (tertiary/aromatic N) is 1. The Morgan fingerprint density at radius 1 is 0.294 bits per heavy atom. The maximum atomic E-state index is 2.62. The van der Waals surface area contributed by atoms with Gasteiger partial charge < -0.3 is 4.90 Å². The Balaban J connectivity index is 1.10. The molecule has 1 nitrogen and oxygen atoms in total. The fourth-order valence-electron chi connectivity index (χ4n) is 13.5. The molecule has 0 amide bonds. The van der Waals surface area contributed by atoms with Crippen molar-refractivity contribution in [2.24, 2.45) is 0 Å². The molecular weight excluding hydrogens is 819 g/mol. The van der Waals surface area contributed by atoms with Gasteiger partial charge in [0.25, 0.3) is 0 Å². The van der Waals surface area contributed by atoms with Gasteiger partial charge in [-0.3, -0.25) is 0 Å². The Kier molecular flexibility index (Phi) is 8.08. The Bertz CT molecular complexity index is 3660. The summed E-state index contributed by atoms with van der Waals surface area (Å²) >= 11 is 0. The molecule has 0 atom stereocenters. The van der Waals surface area contributed by atoms with Crippen LogP contribution in [0.4, 0.5) is 17.1 Å². The van der Waals surface area contributed by atoms with Crippen molar-refractivity contribution in [3.05, 3.63) is 291 Å². The predicted octanol–water partition coefficient (Wildman–Crippen LogP) is 16.8. The summed E-state index contributed by atoms with van der Waals surface area (Å²) in [5, 5.41) is 0. The van der Waals surface area contributed by atoms with E-state index in [0.717, 1.165) is 11.4 Å². The zero-order chi connectivity index (χ0) is 45.5. The van der Waals surface area contributed by atoms with Crippen LogP contribution in [0.15, 0.2) is 224 Å². The van der Waals surface area contributed by atoms with Gasteiger partial charge in [-0.1, -0.05) is 214 Å². The minimum Gasteiger partial charge on any atom is -0.310 e. The summed E-state index contributed by atoms with van der Waals surface area (Å²) < 4.78 is 0. The molecule has 0 unspecified atom stereocenters. The molecule has 10 aromatic carbocycles. The lowest BCUT2D eigenvalue weighted by Crippen LogP contribution is -2.28. The number of rotatable bonds is 5. The average molecular weight is 868 g/mol.